The van der Waals surface area contributed by atoms with Crippen LogP contribution in [0.4, 0.5) is 0 Å². The van der Waals surface area contributed by atoms with Crippen LogP contribution >= 0.6 is 0 Å². The molecule has 5 nitrogen and oxygen atoms in total. The van der Waals surface area contributed by atoms with Gasteiger partial charge in [-0.3, -0.25) is 9.59 Å². The smallest absolute Gasteiger partial charge is 0.306 e. The topological polar surface area (TPSA) is 79.5 Å². The van der Waals surface area contributed by atoms with E-state index in [1.54, 1.807) is 6.07 Å². The zero-order valence-corrected chi connectivity index (χ0v) is 11.2. The quantitative estimate of drug-likeness (QED) is 0.876. The van der Waals surface area contributed by atoms with Gasteiger partial charge in [0.05, 0.1) is 12.2 Å². The number of carboxylic acid groups (broad SMARTS) is 1. The van der Waals surface area contributed by atoms with E-state index in [-0.39, 0.29) is 23.8 Å². The molecule has 0 unspecified atom stereocenters. The minimum atomic E-state index is -0.780. The summed E-state index contributed by atoms with van der Waals surface area (Å²) in [4.78, 5) is 23.0. The summed E-state index contributed by atoms with van der Waals surface area (Å²) in [6.07, 6.45) is 3.34. The van der Waals surface area contributed by atoms with Crippen molar-refractivity contribution in [3.63, 3.8) is 0 Å². The van der Waals surface area contributed by atoms with E-state index in [9.17, 15) is 9.59 Å². The molecule has 1 aliphatic rings. The van der Waals surface area contributed by atoms with Crippen LogP contribution in [-0.2, 0) is 4.79 Å². The highest BCUT2D eigenvalue weighted by Gasteiger charge is 2.31. The molecule has 0 aromatic carbocycles. The SMILES string of the molecule is CC(C)c1ccoc1C(=O)N[C@@H]1CC[C@H](C(=O)O)C1. The van der Waals surface area contributed by atoms with Crippen molar-refractivity contribution < 1.29 is 19.1 Å². The van der Waals surface area contributed by atoms with Crippen molar-refractivity contribution in [2.45, 2.75) is 45.1 Å². The van der Waals surface area contributed by atoms with Crippen molar-refractivity contribution in [3.8, 4) is 0 Å². The van der Waals surface area contributed by atoms with Crippen molar-refractivity contribution in [1.82, 2.24) is 5.32 Å². The highest BCUT2D eigenvalue weighted by Crippen LogP contribution is 2.27. The number of carbonyl (C=O) groups is 2. The second-order valence-corrected chi connectivity index (χ2v) is 5.38. The first-order valence-electron chi connectivity index (χ1n) is 6.60. The summed E-state index contributed by atoms with van der Waals surface area (Å²) in [6, 6.07) is 1.73. The Bertz CT molecular complexity index is 478. The Morgan fingerprint density at radius 1 is 1.42 bits per heavy atom. The summed E-state index contributed by atoms with van der Waals surface area (Å²) in [5, 5.41) is 11.8. The fourth-order valence-corrected chi connectivity index (χ4v) is 2.55. The van der Waals surface area contributed by atoms with Crippen LogP contribution in [0.25, 0.3) is 0 Å². The minimum Gasteiger partial charge on any atom is -0.481 e. The van der Waals surface area contributed by atoms with E-state index >= 15 is 0 Å². The van der Waals surface area contributed by atoms with Gasteiger partial charge in [-0.2, -0.15) is 0 Å². The molecule has 104 valence electrons. The van der Waals surface area contributed by atoms with Crippen LogP contribution in [0.1, 0.15) is 55.1 Å². The van der Waals surface area contributed by atoms with Crippen molar-refractivity contribution in [1.29, 1.82) is 0 Å². The summed E-state index contributed by atoms with van der Waals surface area (Å²) < 4.78 is 5.24. The maximum atomic E-state index is 12.1. The van der Waals surface area contributed by atoms with Crippen molar-refractivity contribution in [2.24, 2.45) is 5.92 Å². The molecule has 1 aromatic rings. The lowest BCUT2D eigenvalue weighted by molar-refractivity contribution is -0.141. The molecule has 0 radical (unpaired) electrons. The third-order valence-corrected chi connectivity index (χ3v) is 3.64. The van der Waals surface area contributed by atoms with Gasteiger partial charge < -0.3 is 14.8 Å². The van der Waals surface area contributed by atoms with Gasteiger partial charge in [-0.1, -0.05) is 13.8 Å². The number of carboxylic acids is 1. The maximum Gasteiger partial charge on any atom is 0.306 e. The van der Waals surface area contributed by atoms with E-state index in [1.807, 2.05) is 13.8 Å². The largest absolute Gasteiger partial charge is 0.481 e. The predicted octanol–water partition coefficient (Wildman–Crippen LogP) is 2.39. The first-order chi connectivity index (χ1) is 8.99. The number of furan rings is 1. The highest BCUT2D eigenvalue weighted by atomic mass is 16.4. The molecule has 1 aromatic heterocycles. The third kappa shape index (κ3) is 2.97. The Morgan fingerprint density at radius 2 is 2.16 bits per heavy atom. The van der Waals surface area contributed by atoms with E-state index in [0.29, 0.717) is 25.0 Å². The van der Waals surface area contributed by atoms with Crippen molar-refractivity contribution >= 4 is 11.9 Å². The molecule has 0 saturated heterocycles. The standard InChI is InChI=1S/C14H19NO4/c1-8(2)11-5-6-19-12(11)13(16)15-10-4-3-9(7-10)14(17)18/h5-6,8-10H,3-4,7H2,1-2H3,(H,15,16)(H,17,18)/t9-,10+/m0/s1. The zero-order valence-electron chi connectivity index (χ0n) is 11.2. The van der Waals surface area contributed by atoms with Gasteiger partial charge in [0, 0.05) is 11.6 Å². The second kappa shape index (κ2) is 5.47. The van der Waals surface area contributed by atoms with Gasteiger partial charge in [-0.05, 0) is 31.2 Å². The molecule has 2 atom stereocenters. The van der Waals surface area contributed by atoms with Gasteiger partial charge in [-0.25, -0.2) is 0 Å². The summed E-state index contributed by atoms with van der Waals surface area (Å²) in [7, 11) is 0. The highest BCUT2D eigenvalue weighted by molar-refractivity contribution is 5.93. The molecule has 1 amide bonds. The lowest BCUT2D eigenvalue weighted by Crippen LogP contribution is -2.33. The van der Waals surface area contributed by atoms with E-state index in [0.717, 1.165) is 5.56 Å². The van der Waals surface area contributed by atoms with Crippen LogP contribution in [-0.4, -0.2) is 23.0 Å². The Labute approximate surface area is 112 Å². The molecule has 2 N–H and O–H groups in total. The van der Waals surface area contributed by atoms with Gasteiger partial charge in [0.15, 0.2) is 5.76 Å². The van der Waals surface area contributed by atoms with Gasteiger partial charge in [0.25, 0.3) is 5.91 Å². The summed E-state index contributed by atoms with van der Waals surface area (Å²) in [5.74, 6) is -0.808. The molecule has 0 spiro atoms. The Morgan fingerprint density at radius 3 is 2.74 bits per heavy atom. The van der Waals surface area contributed by atoms with E-state index in [2.05, 4.69) is 5.32 Å². The number of rotatable bonds is 4. The molecule has 1 heterocycles. The first-order valence-corrected chi connectivity index (χ1v) is 6.60. The van der Waals surface area contributed by atoms with Gasteiger partial charge in [0.1, 0.15) is 0 Å². The van der Waals surface area contributed by atoms with Crippen LogP contribution < -0.4 is 5.32 Å². The molecule has 19 heavy (non-hydrogen) atoms. The Kier molecular flexibility index (Phi) is 3.93. The monoisotopic (exact) mass is 265 g/mol. The molecule has 1 fully saturated rings. The number of aliphatic carboxylic acids is 1. The molecule has 2 rings (SSSR count). The normalized spacial score (nSPS) is 22.7. The number of amides is 1. The lowest BCUT2D eigenvalue weighted by atomic mass is 10.0. The molecular weight excluding hydrogens is 246 g/mol. The summed E-state index contributed by atoms with van der Waals surface area (Å²) in [6.45, 7) is 4.00. The van der Waals surface area contributed by atoms with Crippen LogP contribution in [0, 0.1) is 5.92 Å². The maximum absolute atomic E-state index is 12.1. The zero-order chi connectivity index (χ0) is 14.0. The summed E-state index contributed by atoms with van der Waals surface area (Å²) in [5.41, 5.74) is 0.880. The van der Waals surface area contributed by atoms with E-state index < -0.39 is 5.97 Å². The minimum absolute atomic E-state index is 0.0706. The number of nitrogens with one attached hydrogen (secondary N) is 1. The molecule has 0 bridgehead atoms. The average Bonchev–Trinajstić information content (AvgIpc) is 2.96. The molecule has 0 aliphatic heterocycles. The fraction of sp³-hybridized carbons (Fsp3) is 0.571. The Balaban J connectivity index is 1.98. The molecule has 1 saturated carbocycles. The number of hydrogen-bond acceptors (Lipinski definition) is 3. The molecule has 5 heteroatoms. The van der Waals surface area contributed by atoms with Crippen LogP contribution in [0.5, 0.6) is 0 Å². The third-order valence-electron chi connectivity index (χ3n) is 3.64. The average molecular weight is 265 g/mol. The second-order valence-electron chi connectivity index (χ2n) is 5.38. The van der Waals surface area contributed by atoms with E-state index in [4.69, 9.17) is 9.52 Å². The number of hydrogen-bond donors (Lipinski definition) is 2. The van der Waals surface area contributed by atoms with Crippen LogP contribution in [0.3, 0.4) is 0 Å². The predicted molar refractivity (Wildman–Crippen MR) is 69.0 cm³/mol. The van der Waals surface area contributed by atoms with Gasteiger partial charge >= 0.3 is 5.97 Å². The van der Waals surface area contributed by atoms with Gasteiger partial charge in [-0.15, -0.1) is 0 Å². The molecule has 1 aliphatic carbocycles. The van der Waals surface area contributed by atoms with Crippen molar-refractivity contribution in [3.05, 3.63) is 23.7 Å². The Hall–Kier alpha value is -1.78. The fourth-order valence-electron chi connectivity index (χ4n) is 2.55. The molecular formula is C14H19NO4. The summed E-state index contributed by atoms with van der Waals surface area (Å²) >= 11 is 0. The van der Waals surface area contributed by atoms with Crippen LogP contribution in [0.2, 0.25) is 0 Å². The first kappa shape index (κ1) is 13.6. The number of carbonyl (C=O) groups excluding carboxylic acids is 1. The lowest BCUT2D eigenvalue weighted by Gasteiger charge is -2.12. The van der Waals surface area contributed by atoms with Gasteiger partial charge in [0.2, 0.25) is 0 Å². The van der Waals surface area contributed by atoms with E-state index in [1.165, 1.54) is 6.26 Å². The van der Waals surface area contributed by atoms with Crippen molar-refractivity contribution in [2.75, 3.05) is 0 Å². The van der Waals surface area contributed by atoms with Crippen LogP contribution in [0.15, 0.2) is 16.7 Å².